The molecule has 1 aliphatic rings. The van der Waals surface area contributed by atoms with Crippen LogP contribution in [0.4, 0.5) is 0 Å². The summed E-state index contributed by atoms with van der Waals surface area (Å²) in [5, 5.41) is 3.47. The monoisotopic (exact) mass is 247 g/mol. The van der Waals surface area contributed by atoms with Crippen molar-refractivity contribution in [3.63, 3.8) is 0 Å². The van der Waals surface area contributed by atoms with Crippen molar-refractivity contribution in [3.8, 4) is 0 Å². The first-order valence-corrected chi connectivity index (χ1v) is 7.26. The summed E-state index contributed by atoms with van der Waals surface area (Å²) in [6, 6.07) is 0. The van der Waals surface area contributed by atoms with Gasteiger partial charge in [0.25, 0.3) is 0 Å². The second-order valence-electron chi connectivity index (χ2n) is 5.71. The van der Waals surface area contributed by atoms with Crippen LogP contribution in [0.5, 0.6) is 0 Å². The van der Waals surface area contributed by atoms with Gasteiger partial charge < -0.3 is 5.32 Å². The van der Waals surface area contributed by atoms with Crippen molar-refractivity contribution in [1.82, 2.24) is 15.3 Å². The standard InChI is InChI=1S/C15H25N3/c1-4-14-13(9-16-8-11(2)3)10-17-15(18-14)12-6-5-7-12/h10-12,16H,4-9H2,1-3H3. The van der Waals surface area contributed by atoms with Crippen LogP contribution in [0.1, 0.15) is 63.0 Å². The lowest BCUT2D eigenvalue weighted by Gasteiger charge is -2.24. The molecule has 2 rings (SSSR count). The molecule has 0 radical (unpaired) electrons. The zero-order valence-electron chi connectivity index (χ0n) is 11.9. The minimum atomic E-state index is 0.632. The van der Waals surface area contributed by atoms with E-state index in [1.165, 1.54) is 30.5 Å². The number of hydrogen-bond donors (Lipinski definition) is 1. The molecule has 1 N–H and O–H groups in total. The Bertz CT molecular complexity index is 383. The number of nitrogens with zero attached hydrogens (tertiary/aromatic N) is 2. The molecule has 0 saturated heterocycles. The minimum absolute atomic E-state index is 0.632. The molecule has 0 aromatic carbocycles. The molecule has 0 bridgehead atoms. The number of nitrogens with one attached hydrogen (secondary N) is 1. The maximum Gasteiger partial charge on any atom is 0.131 e. The summed E-state index contributed by atoms with van der Waals surface area (Å²) in [5.41, 5.74) is 2.49. The van der Waals surface area contributed by atoms with Gasteiger partial charge in [0.05, 0.1) is 0 Å². The lowest BCUT2D eigenvalue weighted by atomic mass is 9.85. The molecule has 18 heavy (non-hydrogen) atoms. The van der Waals surface area contributed by atoms with Crippen molar-refractivity contribution in [2.24, 2.45) is 5.92 Å². The van der Waals surface area contributed by atoms with E-state index in [0.29, 0.717) is 11.8 Å². The van der Waals surface area contributed by atoms with Gasteiger partial charge in [-0.1, -0.05) is 27.2 Å². The number of rotatable bonds is 6. The van der Waals surface area contributed by atoms with Crippen molar-refractivity contribution in [1.29, 1.82) is 0 Å². The SMILES string of the molecule is CCc1nc(C2CCC2)ncc1CNCC(C)C. The number of aromatic nitrogens is 2. The van der Waals surface area contributed by atoms with Crippen LogP contribution >= 0.6 is 0 Å². The fraction of sp³-hybridized carbons (Fsp3) is 0.733. The van der Waals surface area contributed by atoms with Crippen molar-refractivity contribution in [3.05, 3.63) is 23.3 Å². The van der Waals surface area contributed by atoms with Crippen LogP contribution in [0, 0.1) is 5.92 Å². The fourth-order valence-corrected chi connectivity index (χ4v) is 2.27. The van der Waals surface area contributed by atoms with E-state index in [1.807, 2.05) is 6.20 Å². The average molecular weight is 247 g/mol. The smallest absolute Gasteiger partial charge is 0.131 e. The third kappa shape index (κ3) is 3.29. The second kappa shape index (κ2) is 6.28. The highest BCUT2D eigenvalue weighted by molar-refractivity contribution is 5.19. The molecular weight excluding hydrogens is 222 g/mol. The summed E-state index contributed by atoms with van der Waals surface area (Å²) in [6.45, 7) is 8.58. The normalized spacial score (nSPS) is 16.0. The molecule has 0 unspecified atom stereocenters. The maximum atomic E-state index is 4.76. The first kappa shape index (κ1) is 13.5. The zero-order valence-corrected chi connectivity index (χ0v) is 11.9. The molecule has 1 aromatic heterocycles. The first-order valence-electron chi connectivity index (χ1n) is 7.26. The van der Waals surface area contributed by atoms with Crippen molar-refractivity contribution < 1.29 is 0 Å². The van der Waals surface area contributed by atoms with Crippen LogP contribution in [0.2, 0.25) is 0 Å². The van der Waals surface area contributed by atoms with E-state index in [4.69, 9.17) is 4.98 Å². The van der Waals surface area contributed by atoms with E-state index < -0.39 is 0 Å². The largest absolute Gasteiger partial charge is 0.312 e. The molecule has 1 fully saturated rings. The van der Waals surface area contributed by atoms with E-state index in [9.17, 15) is 0 Å². The van der Waals surface area contributed by atoms with Gasteiger partial charge in [0.1, 0.15) is 5.82 Å². The van der Waals surface area contributed by atoms with Gasteiger partial charge in [0.15, 0.2) is 0 Å². The molecule has 1 aromatic rings. The molecule has 0 amide bonds. The molecular formula is C15H25N3. The lowest BCUT2D eigenvalue weighted by molar-refractivity contribution is 0.399. The minimum Gasteiger partial charge on any atom is -0.312 e. The Labute approximate surface area is 110 Å². The fourth-order valence-electron chi connectivity index (χ4n) is 2.27. The zero-order chi connectivity index (χ0) is 13.0. The molecule has 1 heterocycles. The second-order valence-corrected chi connectivity index (χ2v) is 5.71. The van der Waals surface area contributed by atoms with E-state index in [2.05, 4.69) is 31.1 Å². The van der Waals surface area contributed by atoms with Gasteiger partial charge in [-0.25, -0.2) is 9.97 Å². The Balaban J connectivity index is 2.00. The molecule has 1 saturated carbocycles. The summed E-state index contributed by atoms with van der Waals surface area (Å²) in [6.07, 6.45) is 6.92. The Hall–Kier alpha value is -0.960. The average Bonchev–Trinajstić information content (AvgIpc) is 2.28. The number of aryl methyl sites for hydroxylation is 1. The molecule has 1 aliphatic carbocycles. The van der Waals surface area contributed by atoms with E-state index in [0.717, 1.165) is 25.3 Å². The highest BCUT2D eigenvalue weighted by Crippen LogP contribution is 2.34. The molecule has 3 nitrogen and oxygen atoms in total. The molecule has 0 aliphatic heterocycles. The first-order chi connectivity index (χ1) is 8.70. The van der Waals surface area contributed by atoms with Gasteiger partial charge >= 0.3 is 0 Å². The Morgan fingerprint density at radius 3 is 2.72 bits per heavy atom. The number of hydrogen-bond acceptors (Lipinski definition) is 3. The van der Waals surface area contributed by atoms with Gasteiger partial charge in [-0.05, 0) is 31.7 Å². The van der Waals surface area contributed by atoms with Crippen molar-refractivity contribution >= 4 is 0 Å². The highest BCUT2D eigenvalue weighted by atomic mass is 14.9. The summed E-state index contributed by atoms with van der Waals surface area (Å²) in [5.74, 6) is 2.39. The Kier molecular flexibility index (Phi) is 4.70. The summed E-state index contributed by atoms with van der Waals surface area (Å²) in [7, 11) is 0. The van der Waals surface area contributed by atoms with Gasteiger partial charge in [-0.2, -0.15) is 0 Å². The quantitative estimate of drug-likeness (QED) is 0.839. The third-order valence-corrected chi connectivity index (χ3v) is 3.65. The van der Waals surface area contributed by atoms with Gasteiger partial charge in [-0.15, -0.1) is 0 Å². The van der Waals surface area contributed by atoms with Gasteiger partial charge in [0.2, 0.25) is 0 Å². The van der Waals surface area contributed by atoms with Crippen LogP contribution in [-0.4, -0.2) is 16.5 Å². The van der Waals surface area contributed by atoms with Gasteiger partial charge in [0, 0.05) is 29.9 Å². The molecule has 100 valence electrons. The van der Waals surface area contributed by atoms with Crippen LogP contribution in [0.15, 0.2) is 6.20 Å². The topological polar surface area (TPSA) is 37.8 Å². The van der Waals surface area contributed by atoms with E-state index in [-0.39, 0.29) is 0 Å². The van der Waals surface area contributed by atoms with Crippen molar-refractivity contribution in [2.45, 2.75) is 58.9 Å². The van der Waals surface area contributed by atoms with E-state index >= 15 is 0 Å². The summed E-state index contributed by atoms with van der Waals surface area (Å²) < 4.78 is 0. The lowest BCUT2D eigenvalue weighted by Crippen LogP contribution is -2.21. The summed E-state index contributed by atoms with van der Waals surface area (Å²) in [4.78, 5) is 9.32. The van der Waals surface area contributed by atoms with Crippen LogP contribution in [0.25, 0.3) is 0 Å². The molecule has 0 spiro atoms. The summed E-state index contributed by atoms with van der Waals surface area (Å²) >= 11 is 0. The van der Waals surface area contributed by atoms with Crippen LogP contribution < -0.4 is 5.32 Å². The highest BCUT2D eigenvalue weighted by Gasteiger charge is 2.22. The maximum absolute atomic E-state index is 4.76. The Morgan fingerprint density at radius 2 is 2.17 bits per heavy atom. The van der Waals surface area contributed by atoms with Crippen LogP contribution in [0.3, 0.4) is 0 Å². The predicted molar refractivity (Wildman–Crippen MR) is 74.5 cm³/mol. The van der Waals surface area contributed by atoms with Crippen molar-refractivity contribution in [2.75, 3.05) is 6.54 Å². The molecule has 0 atom stereocenters. The van der Waals surface area contributed by atoms with E-state index in [1.54, 1.807) is 0 Å². The predicted octanol–water partition coefficient (Wildman–Crippen LogP) is 3.05. The Morgan fingerprint density at radius 1 is 1.39 bits per heavy atom. The third-order valence-electron chi connectivity index (χ3n) is 3.65. The van der Waals surface area contributed by atoms with Crippen LogP contribution in [-0.2, 0) is 13.0 Å². The molecule has 3 heteroatoms. The van der Waals surface area contributed by atoms with Gasteiger partial charge in [-0.3, -0.25) is 0 Å².